The van der Waals surface area contributed by atoms with E-state index in [1.165, 1.54) is 0 Å². The maximum absolute atomic E-state index is 13.2. The predicted octanol–water partition coefficient (Wildman–Crippen LogP) is 2.74. The van der Waals surface area contributed by atoms with Crippen molar-refractivity contribution < 1.29 is 19.5 Å². The number of benzene rings is 2. The molecule has 0 aromatic heterocycles. The highest BCUT2D eigenvalue weighted by Crippen LogP contribution is 2.38. The molecule has 2 heterocycles. The minimum absolute atomic E-state index is 0.137. The van der Waals surface area contributed by atoms with E-state index >= 15 is 0 Å². The number of halogens is 1. The smallest absolute Gasteiger partial charge is 0.353 e. The van der Waals surface area contributed by atoms with E-state index in [4.69, 9.17) is 23.8 Å². The Morgan fingerprint density at radius 3 is 2.36 bits per heavy atom. The lowest BCUT2D eigenvalue weighted by atomic mass is 9.86. The van der Waals surface area contributed by atoms with Crippen LogP contribution in [0.5, 0.6) is 0 Å². The van der Waals surface area contributed by atoms with Gasteiger partial charge in [-0.3, -0.25) is 14.5 Å². The number of β-lactam (4-membered cyclic amide) rings is 1. The van der Waals surface area contributed by atoms with Gasteiger partial charge in [0.2, 0.25) is 5.91 Å². The summed E-state index contributed by atoms with van der Waals surface area (Å²) in [7, 11) is 0. The van der Waals surface area contributed by atoms with Gasteiger partial charge in [-0.05, 0) is 42.8 Å². The van der Waals surface area contributed by atoms with Gasteiger partial charge in [-0.15, -0.1) is 0 Å². The molecule has 2 amide bonds. The second kappa shape index (κ2) is 9.60. The average molecular weight is 485 g/mol. The van der Waals surface area contributed by atoms with Gasteiger partial charge < -0.3 is 21.1 Å². The van der Waals surface area contributed by atoms with E-state index in [0.717, 1.165) is 10.6 Å². The Morgan fingerprint density at radius 2 is 1.73 bits per heavy atom. The highest BCUT2D eigenvalue weighted by Gasteiger charge is 2.53. The average Bonchev–Trinajstić information content (AvgIpc) is 2.81. The van der Waals surface area contributed by atoms with Gasteiger partial charge in [0, 0.05) is 10.7 Å². The van der Waals surface area contributed by atoms with E-state index < -0.39 is 35.9 Å². The number of para-hydroxylation sites is 1. The maximum Gasteiger partial charge on any atom is 0.353 e. The number of rotatable bonds is 6. The molecule has 0 aliphatic carbocycles. The number of amides is 2. The van der Waals surface area contributed by atoms with Crippen LogP contribution in [0.3, 0.4) is 0 Å². The highest BCUT2D eigenvalue weighted by molar-refractivity contribution is 7.80. The molecule has 1 fully saturated rings. The zero-order chi connectivity index (χ0) is 23.5. The van der Waals surface area contributed by atoms with E-state index in [1.807, 2.05) is 36.4 Å². The lowest BCUT2D eigenvalue weighted by Crippen LogP contribution is -2.72. The van der Waals surface area contributed by atoms with Crippen molar-refractivity contribution in [1.82, 2.24) is 15.5 Å². The Morgan fingerprint density at radius 1 is 1.09 bits per heavy atom. The van der Waals surface area contributed by atoms with Gasteiger partial charge in [-0.2, -0.15) is 0 Å². The molecule has 10 heteroatoms. The van der Waals surface area contributed by atoms with Gasteiger partial charge in [0.1, 0.15) is 17.8 Å². The first kappa shape index (κ1) is 22.8. The Labute approximate surface area is 200 Å². The first-order chi connectivity index (χ1) is 15.9. The minimum Gasteiger partial charge on any atom is -0.477 e. The summed E-state index contributed by atoms with van der Waals surface area (Å²) in [6, 6.07) is 16.1. The number of carbonyl (C=O) groups excluding carboxylic acids is 2. The summed E-state index contributed by atoms with van der Waals surface area (Å²) in [6.07, 6.45) is 0.791. The summed E-state index contributed by atoms with van der Waals surface area (Å²) in [4.78, 5) is 38.7. The monoisotopic (exact) mass is 484 g/mol. The molecule has 170 valence electrons. The van der Waals surface area contributed by atoms with Gasteiger partial charge in [0.05, 0.1) is 6.04 Å². The molecule has 0 bridgehead atoms. The molecule has 33 heavy (non-hydrogen) atoms. The topological polar surface area (TPSA) is 111 Å². The van der Waals surface area contributed by atoms with Crippen LogP contribution >= 0.6 is 23.8 Å². The molecular formula is C23H21ClN4O4S. The number of allylic oxidation sites excluding steroid dienone is 1. The summed E-state index contributed by atoms with van der Waals surface area (Å²) in [5.41, 5.74) is 1.21. The fourth-order valence-corrected chi connectivity index (χ4v) is 4.54. The summed E-state index contributed by atoms with van der Waals surface area (Å²) in [5.74, 6) is -2.21. The van der Waals surface area contributed by atoms with Crippen LogP contribution in [0.25, 0.3) is 0 Å². The van der Waals surface area contributed by atoms with Crippen LogP contribution in [0.2, 0.25) is 0 Å². The number of anilines is 1. The van der Waals surface area contributed by atoms with Gasteiger partial charge in [-0.25, -0.2) is 4.79 Å². The van der Waals surface area contributed by atoms with Crippen molar-refractivity contribution in [1.29, 1.82) is 0 Å². The van der Waals surface area contributed by atoms with Gasteiger partial charge in [0.25, 0.3) is 5.91 Å². The molecule has 2 unspecified atom stereocenters. The molecule has 2 aliphatic heterocycles. The Bertz CT molecular complexity index is 1130. The molecule has 2 aliphatic rings. The fraction of sp³-hybridized carbons (Fsp3) is 0.217. The predicted molar refractivity (Wildman–Crippen MR) is 127 cm³/mol. The molecule has 4 N–H and O–H groups in total. The summed E-state index contributed by atoms with van der Waals surface area (Å²) >= 11 is 11.4. The number of thiocarbonyl (C=S) groups is 1. The normalized spacial score (nSPS) is 20.3. The maximum atomic E-state index is 13.2. The molecule has 3 atom stereocenters. The molecule has 2 aromatic rings. The van der Waals surface area contributed by atoms with E-state index in [0.29, 0.717) is 18.4 Å². The van der Waals surface area contributed by atoms with Crippen LogP contribution < -0.4 is 16.0 Å². The third-order valence-corrected chi connectivity index (χ3v) is 6.17. The van der Waals surface area contributed by atoms with E-state index in [9.17, 15) is 19.5 Å². The van der Waals surface area contributed by atoms with Crippen LogP contribution in [-0.4, -0.2) is 45.0 Å². The number of nitrogens with zero attached hydrogens (tertiary/aromatic N) is 1. The van der Waals surface area contributed by atoms with E-state index in [2.05, 4.69) is 16.0 Å². The second-order valence-electron chi connectivity index (χ2n) is 7.67. The third kappa shape index (κ3) is 4.69. The number of hydrogen-bond acceptors (Lipinski definition) is 4. The zero-order valence-electron chi connectivity index (χ0n) is 17.3. The van der Waals surface area contributed by atoms with Gasteiger partial charge in [-0.1, -0.05) is 60.1 Å². The van der Waals surface area contributed by atoms with Crippen LogP contribution in [-0.2, 0) is 14.4 Å². The zero-order valence-corrected chi connectivity index (χ0v) is 18.9. The van der Waals surface area contributed by atoms with Crippen molar-refractivity contribution in [2.24, 2.45) is 0 Å². The SMILES string of the molecule is O=C(O)C1=C(Cl)CCC2C(NC(=O)[C@H](NC(=S)Nc3ccccc3)c3ccccc3)C(=O)N12. The van der Waals surface area contributed by atoms with Crippen LogP contribution in [0.1, 0.15) is 24.4 Å². The van der Waals surface area contributed by atoms with Gasteiger partial charge in [0.15, 0.2) is 5.11 Å². The molecule has 2 aromatic carbocycles. The Hall–Kier alpha value is -3.43. The van der Waals surface area contributed by atoms with E-state index in [-0.39, 0.29) is 15.8 Å². The molecule has 0 saturated carbocycles. The first-order valence-electron chi connectivity index (χ1n) is 10.3. The minimum atomic E-state index is -1.26. The number of carbonyl (C=O) groups is 3. The van der Waals surface area contributed by atoms with E-state index in [1.54, 1.807) is 24.3 Å². The second-order valence-corrected chi connectivity index (χ2v) is 8.53. The number of carboxylic acids is 1. The first-order valence-corrected chi connectivity index (χ1v) is 11.1. The Kier molecular flexibility index (Phi) is 6.62. The summed E-state index contributed by atoms with van der Waals surface area (Å²) in [5, 5.41) is 18.6. The van der Waals surface area contributed by atoms with Crippen molar-refractivity contribution in [2.45, 2.75) is 31.0 Å². The highest BCUT2D eigenvalue weighted by atomic mass is 35.5. The molecule has 0 radical (unpaired) electrons. The molecule has 1 saturated heterocycles. The third-order valence-electron chi connectivity index (χ3n) is 5.58. The molecule has 0 spiro atoms. The number of carboxylic acid groups (broad SMARTS) is 1. The van der Waals surface area contributed by atoms with Gasteiger partial charge >= 0.3 is 5.97 Å². The number of nitrogens with one attached hydrogen (secondary N) is 3. The van der Waals surface area contributed by atoms with Crippen molar-refractivity contribution in [3.63, 3.8) is 0 Å². The number of hydrogen-bond donors (Lipinski definition) is 4. The van der Waals surface area contributed by atoms with Crippen molar-refractivity contribution >= 4 is 52.4 Å². The molecule has 8 nitrogen and oxygen atoms in total. The summed E-state index contributed by atoms with van der Waals surface area (Å²) in [6.45, 7) is 0. The summed E-state index contributed by atoms with van der Waals surface area (Å²) < 4.78 is 0. The lowest BCUT2D eigenvalue weighted by molar-refractivity contribution is -0.156. The van der Waals surface area contributed by atoms with Crippen LogP contribution in [0, 0.1) is 0 Å². The number of fused-ring (bicyclic) bond motifs is 1. The fourth-order valence-electron chi connectivity index (χ4n) is 4.02. The lowest BCUT2D eigenvalue weighted by Gasteiger charge is -2.49. The van der Waals surface area contributed by atoms with Crippen molar-refractivity contribution in [3.05, 3.63) is 77.0 Å². The van der Waals surface area contributed by atoms with Crippen molar-refractivity contribution in [2.75, 3.05) is 5.32 Å². The number of aliphatic carboxylic acids is 1. The molecule has 4 rings (SSSR count). The largest absolute Gasteiger partial charge is 0.477 e. The quantitative estimate of drug-likeness (QED) is 0.368. The van der Waals surface area contributed by atoms with Crippen LogP contribution in [0.4, 0.5) is 5.69 Å². The van der Waals surface area contributed by atoms with Crippen LogP contribution in [0.15, 0.2) is 71.4 Å². The standard InChI is InChI=1S/C23H21ClN4O4S/c24-15-11-12-16-18(21(30)28(16)19(15)22(31)32)26-20(29)17(13-7-3-1-4-8-13)27-23(33)25-14-9-5-2-6-10-14/h1-10,16-18H,11-12H2,(H,26,29)(H,31,32)(H2,25,27,33)/t16?,17-,18?/m1/s1. The molecular weight excluding hydrogens is 464 g/mol. The van der Waals surface area contributed by atoms with Crippen molar-refractivity contribution in [3.8, 4) is 0 Å². The Balaban J connectivity index is 1.49.